The Hall–Kier alpha value is -0.120. The van der Waals surface area contributed by atoms with Crippen molar-refractivity contribution >= 4 is 0 Å². The van der Waals surface area contributed by atoms with E-state index in [0.717, 1.165) is 36.7 Å². The highest BCUT2D eigenvalue weighted by atomic mass is 16.7. The van der Waals surface area contributed by atoms with Gasteiger partial charge in [0.2, 0.25) is 0 Å². The Morgan fingerprint density at radius 1 is 0.833 bits per heavy atom. The Morgan fingerprint density at radius 2 is 1.63 bits per heavy atom. The van der Waals surface area contributed by atoms with Gasteiger partial charge in [-0.15, -0.1) is 0 Å². The van der Waals surface area contributed by atoms with E-state index in [1.54, 1.807) is 0 Å². The highest BCUT2D eigenvalue weighted by Crippen LogP contribution is 2.71. The quantitative estimate of drug-likeness (QED) is 0.547. The van der Waals surface area contributed by atoms with Crippen LogP contribution in [0, 0.1) is 52.3 Å². The van der Waals surface area contributed by atoms with Crippen LogP contribution >= 0.6 is 0 Å². The van der Waals surface area contributed by atoms with E-state index < -0.39 is 0 Å². The molecule has 30 heavy (non-hydrogen) atoms. The molecule has 4 saturated carbocycles. The second-order valence-electron chi connectivity index (χ2n) is 13.2. The Morgan fingerprint density at radius 3 is 2.40 bits per heavy atom. The van der Waals surface area contributed by atoms with Gasteiger partial charge in [-0.2, -0.15) is 0 Å². The van der Waals surface area contributed by atoms with Crippen LogP contribution in [0.3, 0.4) is 0 Å². The first kappa shape index (κ1) is 20.5. The van der Waals surface area contributed by atoms with Crippen molar-refractivity contribution in [2.45, 2.75) is 110 Å². The monoisotopic (exact) mass is 415 g/mol. The van der Waals surface area contributed by atoms with Gasteiger partial charge in [-0.1, -0.05) is 27.7 Å². The zero-order valence-electron chi connectivity index (χ0n) is 19.9. The molecule has 2 heterocycles. The molecule has 0 aromatic carbocycles. The molecule has 3 heteroatoms. The van der Waals surface area contributed by atoms with Crippen molar-refractivity contribution in [2.75, 3.05) is 6.61 Å². The fourth-order valence-electron chi connectivity index (χ4n) is 10.3. The van der Waals surface area contributed by atoms with E-state index in [-0.39, 0.29) is 5.79 Å². The molecule has 0 bridgehead atoms. The second kappa shape index (κ2) is 6.70. The van der Waals surface area contributed by atoms with Crippen LogP contribution in [-0.4, -0.2) is 24.5 Å². The first-order valence-electron chi connectivity index (χ1n) is 13.3. The first-order valence-corrected chi connectivity index (χ1v) is 13.3. The molecule has 0 aromatic heterocycles. The van der Waals surface area contributed by atoms with Gasteiger partial charge in [0.1, 0.15) is 0 Å². The molecular weight excluding hydrogens is 370 g/mol. The van der Waals surface area contributed by atoms with E-state index in [0.29, 0.717) is 40.7 Å². The predicted octanol–water partition coefficient (Wildman–Crippen LogP) is 5.76. The van der Waals surface area contributed by atoms with E-state index in [1.807, 2.05) is 0 Å². The van der Waals surface area contributed by atoms with Gasteiger partial charge >= 0.3 is 0 Å². The lowest BCUT2D eigenvalue weighted by atomic mass is 9.44. The highest BCUT2D eigenvalue weighted by Gasteiger charge is 2.69. The van der Waals surface area contributed by atoms with Gasteiger partial charge in [0, 0.05) is 18.4 Å². The molecule has 4 aliphatic carbocycles. The van der Waals surface area contributed by atoms with Crippen LogP contribution in [0.15, 0.2) is 0 Å². The van der Waals surface area contributed by atoms with Gasteiger partial charge in [0.05, 0.1) is 12.7 Å². The molecule has 170 valence electrons. The van der Waals surface area contributed by atoms with Crippen molar-refractivity contribution in [3.63, 3.8) is 0 Å². The number of hydrogen-bond acceptors (Lipinski definition) is 3. The number of fused-ring (bicyclic) bond motifs is 7. The average molecular weight is 416 g/mol. The molecule has 1 spiro atoms. The third kappa shape index (κ3) is 2.61. The maximum absolute atomic E-state index is 6.92. The summed E-state index contributed by atoms with van der Waals surface area (Å²) in [4.78, 5) is 0. The van der Waals surface area contributed by atoms with Crippen LogP contribution in [-0.2, 0) is 9.47 Å². The van der Waals surface area contributed by atoms with Gasteiger partial charge in [0.15, 0.2) is 5.79 Å². The Bertz CT molecular complexity index is 686. The molecule has 6 rings (SSSR count). The minimum atomic E-state index is -0.268. The van der Waals surface area contributed by atoms with Gasteiger partial charge in [-0.3, -0.25) is 0 Å². The maximum atomic E-state index is 6.92. The van der Waals surface area contributed by atoms with Crippen LogP contribution in [0.4, 0.5) is 0 Å². The molecule has 0 amide bonds. The summed E-state index contributed by atoms with van der Waals surface area (Å²) in [7, 11) is 0. The van der Waals surface area contributed by atoms with Gasteiger partial charge < -0.3 is 15.2 Å². The third-order valence-corrected chi connectivity index (χ3v) is 12.0. The average Bonchev–Trinajstić information content (AvgIpc) is 3.16. The molecular formula is C27H45NO2. The lowest BCUT2D eigenvalue weighted by molar-refractivity contribution is -0.273. The normalized spacial score (nSPS) is 62.5. The largest absolute Gasteiger partial charge is 0.349 e. The lowest BCUT2D eigenvalue weighted by Crippen LogP contribution is -2.55. The molecule has 2 aliphatic heterocycles. The maximum Gasteiger partial charge on any atom is 0.171 e. The molecule has 0 aromatic rings. The summed E-state index contributed by atoms with van der Waals surface area (Å²) in [6, 6.07) is 0.461. The predicted molar refractivity (Wildman–Crippen MR) is 120 cm³/mol. The van der Waals surface area contributed by atoms with E-state index in [1.165, 1.54) is 57.8 Å². The smallest absolute Gasteiger partial charge is 0.171 e. The summed E-state index contributed by atoms with van der Waals surface area (Å²) in [6.45, 7) is 11.0. The second-order valence-corrected chi connectivity index (χ2v) is 13.2. The molecule has 7 unspecified atom stereocenters. The van der Waals surface area contributed by atoms with Crippen LogP contribution in [0.1, 0.15) is 91.9 Å². The number of ether oxygens (including phenoxy) is 2. The molecule has 2 saturated heterocycles. The van der Waals surface area contributed by atoms with Crippen molar-refractivity contribution in [3.05, 3.63) is 0 Å². The molecule has 3 nitrogen and oxygen atoms in total. The van der Waals surface area contributed by atoms with Crippen molar-refractivity contribution < 1.29 is 9.47 Å². The number of nitrogens with two attached hydrogens (primary N) is 1. The number of hydrogen-bond donors (Lipinski definition) is 1. The SMILES string of the molecule is CC1C2C(CC3C4CCC5C[C@@H](N)CC[C@]5(C)C4CC[C@@]32C)O[C@]12CC[C@H](C)CO2. The van der Waals surface area contributed by atoms with Crippen molar-refractivity contribution in [1.82, 2.24) is 0 Å². The van der Waals surface area contributed by atoms with E-state index in [4.69, 9.17) is 15.2 Å². The van der Waals surface area contributed by atoms with Crippen LogP contribution in [0.2, 0.25) is 0 Å². The van der Waals surface area contributed by atoms with E-state index >= 15 is 0 Å². The summed E-state index contributed by atoms with van der Waals surface area (Å²) >= 11 is 0. The molecule has 2 N–H and O–H groups in total. The van der Waals surface area contributed by atoms with Crippen LogP contribution in [0.25, 0.3) is 0 Å². The third-order valence-electron chi connectivity index (χ3n) is 12.0. The Labute approximate surface area is 184 Å². The summed E-state index contributed by atoms with van der Waals surface area (Å²) in [5.41, 5.74) is 7.40. The zero-order valence-corrected chi connectivity index (χ0v) is 19.9. The molecule has 12 atom stereocenters. The van der Waals surface area contributed by atoms with E-state index in [9.17, 15) is 0 Å². The minimum absolute atomic E-state index is 0.268. The number of rotatable bonds is 0. The summed E-state index contributed by atoms with van der Waals surface area (Å²) in [5, 5.41) is 0. The standard InChI is InChI=1S/C27H45NO2/c1-16-7-12-27(29-15-16)17(2)24-23(30-27)14-22-20-6-5-18-13-19(28)8-10-25(18,3)21(20)9-11-26(22,24)4/h16-24H,5-15,28H2,1-4H3/t16-,17?,18?,19-,20?,21?,22?,23?,24?,25-,26-,27+/m0/s1. The lowest BCUT2D eigenvalue weighted by Gasteiger charge is -2.61. The van der Waals surface area contributed by atoms with Gasteiger partial charge in [-0.05, 0) is 104 Å². The summed E-state index contributed by atoms with van der Waals surface area (Å²) in [6.07, 6.45) is 13.7. The van der Waals surface area contributed by atoms with Crippen molar-refractivity contribution in [1.29, 1.82) is 0 Å². The minimum Gasteiger partial charge on any atom is -0.349 e. The summed E-state index contributed by atoms with van der Waals surface area (Å²) in [5.74, 6) is 5.25. The zero-order chi connectivity index (χ0) is 20.9. The highest BCUT2D eigenvalue weighted by molar-refractivity contribution is 5.15. The first-order chi connectivity index (χ1) is 14.3. The van der Waals surface area contributed by atoms with Crippen molar-refractivity contribution in [3.8, 4) is 0 Å². The Balaban J connectivity index is 1.26. The topological polar surface area (TPSA) is 44.5 Å². The van der Waals surface area contributed by atoms with Gasteiger partial charge in [-0.25, -0.2) is 0 Å². The molecule has 0 radical (unpaired) electrons. The fourth-order valence-corrected chi connectivity index (χ4v) is 10.3. The molecule has 6 fully saturated rings. The summed E-state index contributed by atoms with van der Waals surface area (Å²) < 4.78 is 13.4. The molecule has 6 aliphatic rings. The Kier molecular flexibility index (Phi) is 4.58. The fraction of sp³-hybridized carbons (Fsp3) is 1.00. The van der Waals surface area contributed by atoms with Crippen molar-refractivity contribution in [2.24, 2.45) is 58.0 Å². The van der Waals surface area contributed by atoms with Crippen LogP contribution < -0.4 is 5.73 Å². The van der Waals surface area contributed by atoms with E-state index in [2.05, 4.69) is 27.7 Å². The van der Waals surface area contributed by atoms with Gasteiger partial charge in [0.25, 0.3) is 0 Å². The van der Waals surface area contributed by atoms with Crippen LogP contribution in [0.5, 0.6) is 0 Å².